The Balaban J connectivity index is 1.38. The highest BCUT2D eigenvalue weighted by molar-refractivity contribution is 5.53. The zero-order valence-corrected chi connectivity index (χ0v) is 15.4. The van der Waals surface area contributed by atoms with Crippen molar-refractivity contribution in [3.05, 3.63) is 47.9 Å². The summed E-state index contributed by atoms with van der Waals surface area (Å²) in [6.45, 7) is 3.06. The lowest BCUT2D eigenvalue weighted by Gasteiger charge is -2.29. The van der Waals surface area contributed by atoms with Crippen molar-refractivity contribution in [1.82, 2.24) is 25.2 Å². The summed E-state index contributed by atoms with van der Waals surface area (Å²) in [4.78, 5) is 11.3. The first-order chi connectivity index (χ1) is 13.3. The zero-order chi connectivity index (χ0) is 18.5. The number of piperidine rings is 1. The zero-order valence-electron chi connectivity index (χ0n) is 15.4. The van der Waals surface area contributed by atoms with Crippen molar-refractivity contribution >= 4 is 0 Å². The lowest BCUT2D eigenvalue weighted by molar-refractivity contribution is 0.162. The van der Waals surface area contributed by atoms with Crippen LogP contribution in [0.2, 0.25) is 0 Å². The monoisotopic (exact) mass is 369 g/mol. The van der Waals surface area contributed by atoms with Crippen molar-refractivity contribution in [2.24, 2.45) is 0 Å². The second-order valence-electron chi connectivity index (χ2n) is 6.74. The third-order valence-corrected chi connectivity index (χ3v) is 4.73. The van der Waals surface area contributed by atoms with E-state index in [0.717, 1.165) is 31.5 Å². The van der Waals surface area contributed by atoms with Crippen molar-refractivity contribution in [2.75, 3.05) is 26.8 Å². The van der Waals surface area contributed by atoms with Crippen molar-refractivity contribution in [2.45, 2.75) is 31.7 Å². The van der Waals surface area contributed by atoms with E-state index in [1.165, 1.54) is 0 Å². The summed E-state index contributed by atoms with van der Waals surface area (Å²) < 4.78 is 16.0. The normalized spacial score (nSPS) is 18.0. The van der Waals surface area contributed by atoms with E-state index in [2.05, 4.69) is 25.2 Å². The maximum Gasteiger partial charge on any atom is 0.240 e. The predicted octanol–water partition coefficient (Wildman–Crippen LogP) is 2.69. The molecule has 2 aromatic heterocycles. The van der Waals surface area contributed by atoms with E-state index in [4.69, 9.17) is 13.8 Å². The first kappa shape index (κ1) is 17.8. The molecule has 0 radical (unpaired) electrons. The van der Waals surface area contributed by atoms with Gasteiger partial charge in [-0.2, -0.15) is 9.97 Å². The Kier molecular flexibility index (Phi) is 5.55. The van der Waals surface area contributed by atoms with Gasteiger partial charge in [0.2, 0.25) is 17.6 Å². The van der Waals surface area contributed by atoms with Gasteiger partial charge in [-0.15, -0.1) is 0 Å². The van der Waals surface area contributed by atoms with Crippen molar-refractivity contribution in [3.63, 3.8) is 0 Å². The van der Waals surface area contributed by atoms with Gasteiger partial charge in [0, 0.05) is 25.6 Å². The molecule has 0 saturated carbocycles. The van der Waals surface area contributed by atoms with Gasteiger partial charge in [-0.25, -0.2) is 0 Å². The summed E-state index contributed by atoms with van der Waals surface area (Å²) in [7, 11) is 1.66. The van der Waals surface area contributed by atoms with Crippen LogP contribution in [-0.2, 0) is 17.7 Å². The Labute approximate surface area is 157 Å². The molecule has 3 heterocycles. The topological polar surface area (TPSA) is 90.3 Å². The first-order valence-corrected chi connectivity index (χ1v) is 9.23. The van der Waals surface area contributed by atoms with E-state index in [0.29, 0.717) is 43.0 Å². The minimum Gasteiger partial charge on any atom is -0.384 e. The van der Waals surface area contributed by atoms with E-state index >= 15 is 0 Å². The van der Waals surface area contributed by atoms with E-state index in [-0.39, 0.29) is 5.92 Å². The molecule has 1 aliphatic rings. The van der Waals surface area contributed by atoms with E-state index in [1.54, 1.807) is 7.11 Å². The lowest BCUT2D eigenvalue weighted by Crippen LogP contribution is -2.34. The maximum atomic E-state index is 5.55. The number of rotatable bonds is 7. The van der Waals surface area contributed by atoms with Crippen LogP contribution in [0.15, 0.2) is 39.4 Å². The fraction of sp³-hybridized carbons (Fsp3) is 0.474. The van der Waals surface area contributed by atoms with Crippen LogP contribution in [-0.4, -0.2) is 52.0 Å². The maximum absolute atomic E-state index is 5.55. The van der Waals surface area contributed by atoms with Crippen LogP contribution < -0.4 is 0 Å². The van der Waals surface area contributed by atoms with Gasteiger partial charge in [0.05, 0.1) is 19.1 Å². The quantitative estimate of drug-likeness (QED) is 0.628. The Hall–Kier alpha value is -2.58. The molecule has 1 aliphatic heterocycles. The summed E-state index contributed by atoms with van der Waals surface area (Å²) in [6.07, 6.45) is 2.76. The number of nitrogens with zero attached hydrogens (tertiary/aromatic N) is 5. The predicted molar refractivity (Wildman–Crippen MR) is 96.9 cm³/mol. The van der Waals surface area contributed by atoms with Gasteiger partial charge >= 0.3 is 0 Å². The molecule has 8 heteroatoms. The van der Waals surface area contributed by atoms with Crippen LogP contribution in [0, 0.1) is 0 Å². The molecule has 0 unspecified atom stereocenters. The largest absolute Gasteiger partial charge is 0.384 e. The molecular formula is C19H23N5O3. The summed E-state index contributed by atoms with van der Waals surface area (Å²) in [5, 5.41) is 8.14. The highest BCUT2D eigenvalue weighted by atomic mass is 16.5. The second kappa shape index (κ2) is 8.41. The van der Waals surface area contributed by atoms with Crippen LogP contribution >= 0.6 is 0 Å². The summed E-state index contributed by atoms with van der Waals surface area (Å²) in [6, 6.07) is 9.89. The van der Waals surface area contributed by atoms with Crippen molar-refractivity contribution < 1.29 is 13.8 Å². The van der Waals surface area contributed by atoms with Gasteiger partial charge in [0.1, 0.15) is 0 Å². The van der Waals surface area contributed by atoms with Crippen LogP contribution in [0.4, 0.5) is 0 Å². The van der Waals surface area contributed by atoms with Crippen molar-refractivity contribution in [3.8, 4) is 11.4 Å². The standard InChI is InChI=1S/C19H23N5O3/c1-25-11-9-16-20-17(26-22-16)13-24-10-5-8-15(12-24)19-21-18(23-27-19)14-6-3-2-4-7-14/h2-4,6-7,15H,5,8-13H2,1H3/t15-/m1/s1. The van der Waals surface area contributed by atoms with Gasteiger partial charge in [0.25, 0.3) is 0 Å². The number of benzene rings is 1. The van der Waals surface area contributed by atoms with Crippen LogP contribution in [0.1, 0.15) is 36.4 Å². The van der Waals surface area contributed by atoms with E-state index in [9.17, 15) is 0 Å². The van der Waals surface area contributed by atoms with Gasteiger partial charge in [-0.05, 0) is 19.4 Å². The number of hydrogen-bond donors (Lipinski definition) is 0. The third kappa shape index (κ3) is 4.40. The number of aromatic nitrogens is 4. The second-order valence-corrected chi connectivity index (χ2v) is 6.74. The summed E-state index contributed by atoms with van der Waals surface area (Å²) >= 11 is 0. The minimum absolute atomic E-state index is 0.222. The number of likely N-dealkylation sites (tertiary alicyclic amines) is 1. The molecule has 0 N–H and O–H groups in total. The van der Waals surface area contributed by atoms with Crippen LogP contribution in [0.25, 0.3) is 11.4 Å². The average Bonchev–Trinajstić information content (AvgIpc) is 3.37. The molecule has 27 heavy (non-hydrogen) atoms. The van der Waals surface area contributed by atoms with E-state index in [1.807, 2.05) is 30.3 Å². The molecule has 0 aliphatic carbocycles. The minimum atomic E-state index is 0.222. The number of ether oxygens (including phenoxy) is 1. The highest BCUT2D eigenvalue weighted by Crippen LogP contribution is 2.28. The van der Waals surface area contributed by atoms with Gasteiger partial charge < -0.3 is 13.8 Å². The Morgan fingerprint density at radius 3 is 2.89 bits per heavy atom. The molecule has 0 amide bonds. The SMILES string of the molecule is COCCc1noc(CN2CCC[C@@H](c3nc(-c4ccccc4)no3)C2)n1. The molecule has 3 aromatic rings. The first-order valence-electron chi connectivity index (χ1n) is 9.23. The average molecular weight is 369 g/mol. The Morgan fingerprint density at radius 1 is 1.15 bits per heavy atom. The number of methoxy groups -OCH3 is 1. The smallest absolute Gasteiger partial charge is 0.240 e. The van der Waals surface area contributed by atoms with E-state index < -0.39 is 0 Å². The molecule has 0 spiro atoms. The molecule has 1 aromatic carbocycles. The number of hydrogen-bond acceptors (Lipinski definition) is 8. The summed E-state index contributed by atoms with van der Waals surface area (Å²) in [5.74, 6) is 2.88. The Morgan fingerprint density at radius 2 is 2.04 bits per heavy atom. The third-order valence-electron chi connectivity index (χ3n) is 4.73. The molecule has 8 nitrogen and oxygen atoms in total. The molecule has 1 saturated heterocycles. The Bertz CT molecular complexity index is 848. The molecule has 142 valence electrons. The molecule has 4 rings (SSSR count). The van der Waals surface area contributed by atoms with Gasteiger partial charge in [-0.1, -0.05) is 40.6 Å². The van der Waals surface area contributed by atoms with Gasteiger partial charge in [0.15, 0.2) is 5.82 Å². The van der Waals surface area contributed by atoms with Gasteiger partial charge in [-0.3, -0.25) is 4.90 Å². The van der Waals surface area contributed by atoms with Crippen molar-refractivity contribution in [1.29, 1.82) is 0 Å². The summed E-state index contributed by atoms with van der Waals surface area (Å²) in [5.41, 5.74) is 0.967. The van der Waals surface area contributed by atoms with Crippen LogP contribution in [0.3, 0.4) is 0 Å². The molecular weight excluding hydrogens is 346 g/mol. The lowest BCUT2D eigenvalue weighted by atomic mass is 9.98. The molecule has 0 bridgehead atoms. The van der Waals surface area contributed by atoms with Crippen LogP contribution in [0.5, 0.6) is 0 Å². The fourth-order valence-corrected chi connectivity index (χ4v) is 3.35. The molecule has 1 atom stereocenters. The molecule has 1 fully saturated rings. The fourth-order valence-electron chi connectivity index (χ4n) is 3.35. The highest BCUT2D eigenvalue weighted by Gasteiger charge is 2.27.